The highest BCUT2D eigenvalue weighted by atomic mass is 19.1. The number of ether oxygens (including phenoxy) is 2. The van der Waals surface area contributed by atoms with Crippen LogP contribution in [0.3, 0.4) is 0 Å². The summed E-state index contributed by atoms with van der Waals surface area (Å²) in [5, 5.41) is 11.9. The Morgan fingerprint density at radius 2 is 1.96 bits per heavy atom. The van der Waals surface area contributed by atoms with E-state index in [0.717, 1.165) is 25.9 Å². The van der Waals surface area contributed by atoms with Crippen LogP contribution in [0.4, 0.5) is 4.39 Å². The molecule has 0 spiro atoms. The molecule has 0 aromatic heterocycles. The number of aliphatic hydroxyl groups is 1. The Kier molecular flexibility index (Phi) is 3.20. The summed E-state index contributed by atoms with van der Waals surface area (Å²) in [5.41, 5.74) is -0.272. The molecular weight excluding hydrogens is 297 g/mol. The van der Waals surface area contributed by atoms with E-state index in [1.54, 1.807) is 0 Å². The number of fused-ring (bicyclic) bond motifs is 3. The first-order valence-electron chi connectivity index (χ1n) is 8.37. The quantitative estimate of drug-likeness (QED) is 0.863. The minimum atomic E-state index is -1.08. The SMILES string of the molecule is CN1CCC(C2(O)c3c(c(F)cc4c3OCO4)CC2(C)C)CC1. The molecule has 1 aromatic rings. The fraction of sp³-hybridized carbons (Fsp3) is 0.667. The van der Waals surface area contributed by atoms with Crippen LogP contribution in [0.5, 0.6) is 11.5 Å². The van der Waals surface area contributed by atoms with Crippen molar-refractivity contribution in [2.45, 2.75) is 38.7 Å². The van der Waals surface area contributed by atoms with Crippen molar-refractivity contribution in [2.75, 3.05) is 26.9 Å². The molecule has 5 heteroatoms. The number of halogens is 1. The molecule has 3 aliphatic rings. The molecule has 1 fully saturated rings. The van der Waals surface area contributed by atoms with Gasteiger partial charge in [-0.25, -0.2) is 4.39 Å². The van der Waals surface area contributed by atoms with Crippen LogP contribution in [0.1, 0.15) is 37.8 Å². The smallest absolute Gasteiger partial charge is 0.231 e. The number of likely N-dealkylation sites (tertiary alicyclic amines) is 1. The predicted molar refractivity (Wildman–Crippen MR) is 84.1 cm³/mol. The number of piperidine rings is 1. The van der Waals surface area contributed by atoms with E-state index in [0.29, 0.717) is 29.0 Å². The zero-order valence-electron chi connectivity index (χ0n) is 14.0. The van der Waals surface area contributed by atoms with Gasteiger partial charge in [0, 0.05) is 17.0 Å². The Morgan fingerprint density at radius 1 is 1.26 bits per heavy atom. The molecule has 4 nitrogen and oxygen atoms in total. The third kappa shape index (κ3) is 1.96. The van der Waals surface area contributed by atoms with Crippen LogP contribution in [-0.2, 0) is 12.0 Å². The fourth-order valence-electron chi connectivity index (χ4n) is 4.72. The Hall–Kier alpha value is -1.33. The second-order valence-electron chi connectivity index (χ2n) is 7.85. The minimum Gasteiger partial charge on any atom is -0.453 e. The van der Waals surface area contributed by atoms with Crippen molar-refractivity contribution in [3.63, 3.8) is 0 Å². The van der Waals surface area contributed by atoms with Crippen LogP contribution in [0.15, 0.2) is 6.07 Å². The molecule has 1 unspecified atom stereocenters. The zero-order valence-corrected chi connectivity index (χ0v) is 14.0. The number of hydrogen-bond acceptors (Lipinski definition) is 4. The molecule has 0 amide bonds. The summed E-state index contributed by atoms with van der Waals surface area (Å²) < 4.78 is 25.6. The summed E-state index contributed by atoms with van der Waals surface area (Å²) in [6.45, 7) is 6.07. The lowest BCUT2D eigenvalue weighted by atomic mass is 9.65. The summed E-state index contributed by atoms with van der Waals surface area (Å²) >= 11 is 0. The van der Waals surface area contributed by atoms with Gasteiger partial charge in [-0.15, -0.1) is 0 Å². The molecule has 126 valence electrons. The highest BCUT2D eigenvalue weighted by Gasteiger charge is 2.59. The topological polar surface area (TPSA) is 41.9 Å². The van der Waals surface area contributed by atoms with Gasteiger partial charge in [0.1, 0.15) is 11.4 Å². The average Bonchev–Trinajstić information content (AvgIpc) is 3.02. The number of benzene rings is 1. The van der Waals surface area contributed by atoms with E-state index < -0.39 is 11.0 Å². The van der Waals surface area contributed by atoms with Gasteiger partial charge in [0.25, 0.3) is 0 Å². The maximum atomic E-state index is 14.6. The van der Waals surface area contributed by atoms with Crippen LogP contribution >= 0.6 is 0 Å². The van der Waals surface area contributed by atoms with Crippen molar-refractivity contribution in [1.82, 2.24) is 4.90 Å². The summed E-state index contributed by atoms with van der Waals surface area (Å²) in [6, 6.07) is 1.40. The van der Waals surface area contributed by atoms with Crippen LogP contribution < -0.4 is 9.47 Å². The third-order valence-electron chi connectivity index (χ3n) is 6.06. The molecule has 2 aliphatic heterocycles. The molecule has 1 saturated heterocycles. The van der Waals surface area contributed by atoms with Gasteiger partial charge in [-0.05, 0) is 50.9 Å². The molecule has 1 aliphatic carbocycles. The van der Waals surface area contributed by atoms with E-state index in [1.807, 2.05) is 13.8 Å². The summed E-state index contributed by atoms with van der Waals surface area (Å²) in [4.78, 5) is 2.28. The van der Waals surface area contributed by atoms with Crippen molar-refractivity contribution < 1.29 is 19.0 Å². The van der Waals surface area contributed by atoms with Gasteiger partial charge in [0.15, 0.2) is 11.5 Å². The molecule has 0 saturated carbocycles. The molecule has 2 heterocycles. The molecule has 1 aromatic carbocycles. The van der Waals surface area contributed by atoms with Crippen LogP contribution in [0.2, 0.25) is 0 Å². The van der Waals surface area contributed by atoms with E-state index in [1.165, 1.54) is 6.07 Å². The average molecular weight is 321 g/mol. The largest absolute Gasteiger partial charge is 0.453 e. The molecule has 1 N–H and O–H groups in total. The van der Waals surface area contributed by atoms with Gasteiger partial charge in [0.05, 0.1) is 0 Å². The van der Waals surface area contributed by atoms with Crippen molar-refractivity contribution in [1.29, 1.82) is 0 Å². The number of rotatable bonds is 1. The van der Waals surface area contributed by atoms with E-state index in [2.05, 4.69) is 11.9 Å². The second kappa shape index (κ2) is 4.84. The Labute approximate surface area is 136 Å². The first kappa shape index (κ1) is 15.2. The van der Waals surface area contributed by atoms with Gasteiger partial charge in [-0.2, -0.15) is 0 Å². The van der Waals surface area contributed by atoms with E-state index in [-0.39, 0.29) is 18.5 Å². The van der Waals surface area contributed by atoms with Crippen molar-refractivity contribution >= 4 is 0 Å². The summed E-state index contributed by atoms with van der Waals surface area (Å²) in [7, 11) is 2.10. The molecule has 4 rings (SSSR count). The summed E-state index contributed by atoms with van der Waals surface area (Å²) in [5.74, 6) is 0.782. The maximum absolute atomic E-state index is 14.6. The van der Waals surface area contributed by atoms with Crippen molar-refractivity contribution in [3.8, 4) is 11.5 Å². The van der Waals surface area contributed by atoms with Crippen molar-refractivity contribution in [2.24, 2.45) is 11.3 Å². The Morgan fingerprint density at radius 3 is 2.65 bits per heavy atom. The fourth-order valence-corrected chi connectivity index (χ4v) is 4.72. The molecule has 0 radical (unpaired) electrons. The maximum Gasteiger partial charge on any atom is 0.231 e. The van der Waals surface area contributed by atoms with E-state index in [9.17, 15) is 9.50 Å². The normalized spacial score (nSPS) is 29.8. The monoisotopic (exact) mass is 321 g/mol. The third-order valence-corrected chi connectivity index (χ3v) is 6.06. The number of nitrogens with zero attached hydrogens (tertiary/aromatic N) is 1. The zero-order chi connectivity index (χ0) is 16.4. The Balaban J connectivity index is 1.88. The van der Waals surface area contributed by atoms with Crippen LogP contribution in [0, 0.1) is 17.2 Å². The van der Waals surface area contributed by atoms with Gasteiger partial charge in [-0.1, -0.05) is 13.8 Å². The van der Waals surface area contributed by atoms with Gasteiger partial charge in [-0.3, -0.25) is 0 Å². The highest BCUT2D eigenvalue weighted by Crippen LogP contribution is 2.61. The standard InChI is InChI=1S/C18H24FNO3/c1-17(2)9-12-13(19)8-14-16(23-10-22-14)15(12)18(17,21)11-4-6-20(3)7-5-11/h8,11,21H,4-7,9-10H2,1-3H3. The summed E-state index contributed by atoms with van der Waals surface area (Å²) in [6.07, 6.45) is 2.33. The second-order valence-corrected chi connectivity index (χ2v) is 7.85. The van der Waals surface area contributed by atoms with E-state index >= 15 is 0 Å². The first-order valence-corrected chi connectivity index (χ1v) is 8.37. The van der Waals surface area contributed by atoms with Gasteiger partial charge in [0.2, 0.25) is 6.79 Å². The highest BCUT2D eigenvalue weighted by molar-refractivity contribution is 5.59. The lowest BCUT2D eigenvalue weighted by Gasteiger charge is -2.46. The molecule has 23 heavy (non-hydrogen) atoms. The number of hydrogen-bond donors (Lipinski definition) is 1. The molecule has 0 bridgehead atoms. The lowest BCUT2D eigenvalue weighted by Crippen LogP contribution is -2.49. The van der Waals surface area contributed by atoms with Crippen LogP contribution in [0.25, 0.3) is 0 Å². The van der Waals surface area contributed by atoms with E-state index in [4.69, 9.17) is 9.47 Å². The lowest BCUT2D eigenvalue weighted by molar-refractivity contribution is -0.122. The van der Waals surface area contributed by atoms with Gasteiger partial charge >= 0.3 is 0 Å². The first-order chi connectivity index (χ1) is 10.8. The molecule has 1 atom stereocenters. The van der Waals surface area contributed by atoms with Crippen LogP contribution in [-0.4, -0.2) is 36.9 Å². The minimum absolute atomic E-state index is 0.0924. The van der Waals surface area contributed by atoms with Gasteiger partial charge < -0.3 is 19.5 Å². The predicted octanol–water partition coefficient (Wildman–Crippen LogP) is 2.67. The Bertz CT molecular complexity index is 652. The molecular formula is C18H24FNO3. The van der Waals surface area contributed by atoms with Crippen molar-refractivity contribution in [3.05, 3.63) is 23.0 Å².